The van der Waals surface area contributed by atoms with Crippen LogP contribution in [0, 0.1) is 6.92 Å². The summed E-state index contributed by atoms with van der Waals surface area (Å²) in [6.07, 6.45) is 0. The van der Waals surface area contributed by atoms with Crippen molar-refractivity contribution < 1.29 is 4.79 Å². The summed E-state index contributed by atoms with van der Waals surface area (Å²) in [6, 6.07) is 19.3. The Morgan fingerprint density at radius 3 is 2.55 bits per heavy atom. The summed E-state index contributed by atoms with van der Waals surface area (Å²) in [5.74, 6) is -0.161. The summed E-state index contributed by atoms with van der Waals surface area (Å²) in [4.78, 5) is 17.9. The van der Waals surface area contributed by atoms with Gasteiger partial charge in [-0.15, -0.1) is 11.3 Å². The monoisotopic (exact) mass is 308 g/mol. The van der Waals surface area contributed by atoms with E-state index in [-0.39, 0.29) is 11.9 Å². The minimum Gasteiger partial charge on any atom is -0.339 e. The zero-order valence-electron chi connectivity index (χ0n) is 12.2. The van der Waals surface area contributed by atoms with Gasteiger partial charge in [0.1, 0.15) is 5.69 Å². The van der Waals surface area contributed by atoms with Gasteiger partial charge in [-0.25, -0.2) is 4.98 Å². The Morgan fingerprint density at radius 2 is 1.86 bits per heavy atom. The number of pyridine rings is 1. The molecule has 2 heterocycles. The highest BCUT2D eigenvalue weighted by Gasteiger charge is 2.19. The number of rotatable bonds is 4. The molecular formula is C18H16N2OS. The number of hydrogen-bond donors (Lipinski definition) is 1. The van der Waals surface area contributed by atoms with Crippen molar-refractivity contribution in [3.63, 3.8) is 0 Å². The van der Waals surface area contributed by atoms with Crippen molar-refractivity contribution in [3.8, 4) is 0 Å². The van der Waals surface area contributed by atoms with Crippen LogP contribution in [0.15, 0.2) is 66.0 Å². The van der Waals surface area contributed by atoms with Gasteiger partial charge in [0.25, 0.3) is 5.91 Å². The molecule has 2 aromatic heterocycles. The lowest BCUT2D eigenvalue weighted by molar-refractivity contribution is 0.0938. The number of nitrogens with one attached hydrogen (secondary N) is 1. The summed E-state index contributed by atoms with van der Waals surface area (Å²) < 4.78 is 0. The van der Waals surface area contributed by atoms with E-state index < -0.39 is 0 Å². The molecule has 0 saturated carbocycles. The molecule has 3 aromatic rings. The average Bonchev–Trinajstić information content (AvgIpc) is 3.07. The van der Waals surface area contributed by atoms with E-state index in [1.54, 1.807) is 17.4 Å². The number of amides is 1. The summed E-state index contributed by atoms with van der Waals surface area (Å²) in [5, 5.41) is 5.10. The van der Waals surface area contributed by atoms with E-state index in [1.165, 1.54) is 0 Å². The first kappa shape index (κ1) is 14.5. The third-order valence-electron chi connectivity index (χ3n) is 3.36. The number of thiophene rings is 1. The predicted molar refractivity (Wildman–Crippen MR) is 89.0 cm³/mol. The van der Waals surface area contributed by atoms with Gasteiger partial charge in [0.15, 0.2) is 0 Å². The van der Waals surface area contributed by atoms with Crippen molar-refractivity contribution in [2.75, 3.05) is 0 Å². The standard InChI is InChI=1S/C18H16N2OS/c1-13-7-5-10-15(19-13)18(21)20-17(16-11-6-12-22-16)14-8-3-2-4-9-14/h2-12,17H,1H3,(H,20,21)/t17-/m1/s1. The van der Waals surface area contributed by atoms with Crippen molar-refractivity contribution in [2.24, 2.45) is 0 Å². The van der Waals surface area contributed by atoms with E-state index >= 15 is 0 Å². The molecule has 0 radical (unpaired) electrons. The Balaban J connectivity index is 1.89. The second kappa shape index (κ2) is 6.54. The smallest absolute Gasteiger partial charge is 0.270 e. The summed E-state index contributed by atoms with van der Waals surface area (Å²) in [7, 11) is 0. The lowest BCUT2D eigenvalue weighted by Crippen LogP contribution is -2.29. The molecule has 0 aliphatic rings. The molecule has 1 amide bonds. The molecule has 0 spiro atoms. The Hall–Kier alpha value is -2.46. The molecular weight excluding hydrogens is 292 g/mol. The van der Waals surface area contributed by atoms with Gasteiger partial charge in [0.05, 0.1) is 6.04 Å². The van der Waals surface area contributed by atoms with E-state index in [0.717, 1.165) is 16.1 Å². The molecule has 0 saturated heterocycles. The van der Waals surface area contributed by atoms with Crippen LogP contribution in [-0.2, 0) is 0 Å². The maximum absolute atomic E-state index is 12.5. The van der Waals surface area contributed by atoms with E-state index in [4.69, 9.17) is 0 Å². The SMILES string of the molecule is Cc1cccc(C(=O)N[C@H](c2ccccc2)c2cccs2)n1. The summed E-state index contributed by atoms with van der Waals surface area (Å²) in [5.41, 5.74) is 2.34. The highest BCUT2D eigenvalue weighted by molar-refractivity contribution is 7.10. The Morgan fingerprint density at radius 1 is 1.05 bits per heavy atom. The van der Waals surface area contributed by atoms with E-state index in [9.17, 15) is 4.79 Å². The van der Waals surface area contributed by atoms with Crippen LogP contribution >= 0.6 is 11.3 Å². The van der Waals surface area contributed by atoms with Gasteiger partial charge in [-0.2, -0.15) is 0 Å². The fourth-order valence-electron chi connectivity index (χ4n) is 2.29. The normalized spacial score (nSPS) is 11.9. The molecule has 1 N–H and O–H groups in total. The van der Waals surface area contributed by atoms with Crippen LogP contribution in [-0.4, -0.2) is 10.9 Å². The topological polar surface area (TPSA) is 42.0 Å². The van der Waals surface area contributed by atoms with Crippen LogP contribution in [0.4, 0.5) is 0 Å². The average molecular weight is 308 g/mol. The number of hydrogen-bond acceptors (Lipinski definition) is 3. The van der Waals surface area contributed by atoms with Crippen LogP contribution in [0.5, 0.6) is 0 Å². The van der Waals surface area contributed by atoms with Crippen molar-refractivity contribution in [3.05, 3.63) is 87.9 Å². The van der Waals surface area contributed by atoms with Gasteiger partial charge in [-0.3, -0.25) is 4.79 Å². The van der Waals surface area contributed by atoms with Crippen LogP contribution in [0.3, 0.4) is 0 Å². The first-order valence-electron chi connectivity index (χ1n) is 7.07. The number of aromatic nitrogens is 1. The van der Waals surface area contributed by atoms with Gasteiger partial charge >= 0.3 is 0 Å². The Kier molecular flexibility index (Phi) is 4.30. The molecule has 22 heavy (non-hydrogen) atoms. The number of nitrogens with zero attached hydrogens (tertiary/aromatic N) is 1. The van der Waals surface area contributed by atoms with Crippen LogP contribution < -0.4 is 5.32 Å². The van der Waals surface area contributed by atoms with Crippen molar-refractivity contribution in [1.29, 1.82) is 0 Å². The zero-order chi connectivity index (χ0) is 15.4. The second-order valence-corrected chi connectivity index (χ2v) is 5.98. The van der Waals surface area contributed by atoms with Crippen LogP contribution in [0.25, 0.3) is 0 Å². The predicted octanol–water partition coefficient (Wildman–Crippen LogP) is 3.97. The fraction of sp³-hybridized carbons (Fsp3) is 0.111. The second-order valence-electron chi connectivity index (χ2n) is 5.00. The first-order chi connectivity index (χ1) is 10.7. The van der Waals surface area contributed by atoms with Gasteiger partial charge in [-0.05, 0) is 36.1 Å². The Labute approximate surface area is 133 Å². The van der Waals surface area contributed by atoms with Gasteiger partial charge in [0.2, 0.25) is 0 Å². The molecule has 0 unspecified atom stereocenters. The number of carbonyl (C=O) groups excluding carboxylic acids is 1. The fourth-order valence-corrected chi connectivity index (χ4v) is 3.10. The molecule has 4 heteroatoms. The minimum absolute atomic E-state index is 0.156. The molecule has 1 atom stereocenters. The largest absolute Gasteiger partial charge is 0.339 e. The van der Waals surface area contributed by atoms with E-state index in [1.807, 2.05) is 66.9 Å². The van der Waals surface area contributed by atoms with Crippen LogP contribution in [0.2, 0.25) is 0 Å². The van der Waals surface area contributed by atoms with Crippen molar-refractivity contribution in [2.45, 2.75) is 13.0 Å². The molecule has 0 aliphatic heterocycles. The summed E-state index contributed by atoms with van der Waals surface area (Å²) in [6.45, 7) is 1.88. The van der Waals surface area contributed by atoms with Crippen molar-refractivity contribution in [1.82, 2.24) is 10.3 Å². The minimum atomic E-state index is -0.161. The zero-order valence-corrected chi connectivity index (χ0v) is 13.0. The molecule has 110 valence electrons. The third kappa shape index (κ3) is 3.23. The molecule has 3 rings (SSSR count). The molecule has 0 bridgehead atoms. The molecule has 1 aromatic carbocycles. The third-order valence-corrected chi connectivity index (χ3v) is 4.29. The first-order valence-corrected chi connectivity index (χ1v) is 7.95. The van der Waals surface area contributed by atoms with E-state index in [2.05, 4.69) is 10.3 Å². The number of benzene rings is 1. The number of aryl methyl sites for hydroxylation is 1. The highest BCUT2D eigenvalue weighted by Crippen LogP contribution is 2.26. The maximum Gasteiger partial charge on any atom is 0.270 e. The molecule has 0 aliphatic carbocycles. The van der Waals surface area contributed by atoms with Crippen LogP contribution in [0.1, 0.15) is 32.7 Å². The van der Waals surface area contributed by atoms with E-state index in [0.29, 0.717) is 5.69 Å². The lowest BCUT2D eigenvalue weighted by Gasteiger charge is -2.18. The van der Waals surface area contributed by atoms with Gasteiger partial charge in [-0.1, -0.05) is 42.5 Å². The van der Waals surface area contributed by atoms with Crippen molar-refractivity contribution >= 4 is 17.2 Å². The quantitative estimate of drug-likeness (QED) is 0.792. The molecule has 0 fully saturated rings. The maximum atomic E-state index is 12.5. The lowest BCUT2D eigenvalue weighted by atomic mass is 10.1. The number of carbonyl (C=O) groups is 1. The summed E-state index contributed by atoms with van der Waals surface area (Å²) >= 11 is 1.63. The molecule has 3 nitrogen and oxygen atoms in total. The van der Waals surface area contributed by atoms with Gasteiger partial charge < -0.3 is 5.32 Å². The Bertz CT molecular complexity index is 754. The highest BCUT2D eigenvalue weighted by atomic mass is 32.1. The van der Waals surface area contributed by atoms with Gasteiger partial charge in [0, 0.05) is 10.6 Å².